The van der Waals surface area contributed by atoms with Gasteiger partial charge in [0, 0.05) is 0 Å². The number of carboxylic acids is 1. The summed E-state index contributed by atoms with van der Waals surface area (Å²) in [6, 6.07) is 9.68. The summed E-state index contributed by atoms with van der Waals surface area (Å²) in [6.45, 7) is 0.0298. The lowest BCUT2D eigenvalue weighted by molar-refractivity contribution is 0.0658. The monoisotopic (exact) mass is 317 g/mol. The topological polar surface area (TPSA) is 162 Å². The van der Waals surface area contributed by atoms with Gasteiger partial charge in [-0.1, -0.05) is 12.1 Å². The zero-order chi connectivity index (χ0) is 16.8. The number of rotatable bonds is 5. The molecule has 0 saturated carbocycles. The van der Waals surface area contributed by atoms with E-state index in [1.54, 1.807) is 24.3 Å². The molecule has 23 heavy (non-hydrogen) atoms. The van der Waals surface area contributed by atoms with Gasteiger partial charge in [0.15, 0.2) is 5.96 Å². The Balaban J connectivity index is 2.14. The van der Waals surface area contributed by atoms with E-state index in [0.29, 0.717) is 17.2 Å². The van der Waals surface area contributed by atoms with Gasteiger partial charge in [-0.2, -0.15) is 4.99 Å². The first-order valence-corrected chi connectivity index (χ1v) is 6.43. The maximum absolute atomic E-state index is 10.8. The molecule has 0 unspecified atom stereocenters. The predicted octanol–water partition coefficient (Wildman–Crippen LogP) is 0.776. The number of nitrogens with two attached hydrogens (primary N) is 3. The Hall–Kier alpha value is -3.49. The smallest absolute Gasteiger partial charge is 0.371 e. The summed E-state index contributed by atoms with van der Waals surface area (Å²) in [5, 5.41) is 8.80. The number of hydrogen-bond acceptors (Lipinski definition) is 4. The Morgan fingerprint density at radius 3 is 2.57 bits per heavy atom. The highest BCUT2D eigenvalue weighted by atomic mass is 16.5. The quantitative estimate of drug-likeness (QED) is 0.467. The predicted molar refractivity (Wildman–Crippen MR) is 83.5 cm³/mol. The van der Waals surface area contributed by atoms with Gasteiger partial charge in [0.1, 0.15) is 23.8 Å². The second-order valence-electron chi connectivity index (χ2n) is 4.33. The molecule has 0 saturated heterocycles. The molecule has 9 heteroatoms. The molecule has 9 nitrogen and oxygen atoms in total. The minimum atomic E-state index is -1.15. The van der Waals surface area contributed by atoms with E-state index in [9.17, 15) is 4.79 Å². The molecule has 0 spiro atoms. The van der Waals surface area contributed by atoms with Crippen LogP contribution >= 0.6 is 0 Å². The van der Waals surface area contributed by atoms with E-state index < -0.39 is 5.97 Å². The van der Waals surface area contributed by atoms with Crippen LogP contribution in [-0.2, 0) is 6.61 Å². The van der Waals surface area contributed by atoms with E-state index >= 15 is 0 Å². The molecule has 0 aliphatic heterocycles. The van der Waals surface area contributed by atoms with E-state index in [2.05, 4.69) is 9.98 Å². The van der Waals surface area contributed by atoms with E-state index in [1.165, 1.54) is 12.1 Å². The van der Waals surface area contributed by atoms with E-state index in [-0.39, 0.29) is 24.3 Å². The number of aromatic carboxylic acids is 1. The van der Waals surface area contributed by atoms with Crippen molar-refractivity contribution in [3.05, 3.63) is 47.9 Å². The number of carboxylic acid groups (broad SMARTS) is 1. The molecule has 0 aliphatic carbocycles. The van der Waals surface area contributed by atoms with Crippen molar-refractivity contribution in [3.63, 3.8) is 0 Å². The number of nitrogens with zero attached hydrogens (tertiary/aromatic N) is 2. The molecule has 0 aliphatic rings. The number of hydrogen-bond donors (Lipinski definition) is 4. The minimum absolute atomic E-state index is 0.0298. The Morgan fingerprint density at radius 1 is 1.17 bits per heavy atom. The van der Waals surface area contributed by atoms with Crippen LogP contribution in [0.15, 0.2) is 50.8 Å². The molecule has 120 valence electrons. The summed E-state index contributed by atoms with van der Waals surface area (Å²) in [7, 11) is 0. The average molecular weight is 317 g/mol. The first-order chi connectivity index (χ1) is 11.0. The third-order valence-electron chi connectivity index (χ3n) is 2.59. The fraction of sp³-hybridized carbons (Fsp3) is 0.0714. The maximum atomic E-state index is 10.8. The van der Waals surface area contributed by atoms with Crippen LogP contribution in [0.1, 0.15) is 16.3 Å². The van der Waals surface area contributed by atoms with E-state index in [0.717, 1.165) is 0 Å². The normalized spacial score (nSPS) is 11.0. The molecule has 1 aromatic heterocycles. The largest absolute Gasteiger partial charge is 0.483 e. The summed E-state index contributed by atoms with van der Waals surface area (Å²) in [6.07, 6.45) is 0. The van der Waals surface area contributed by atoms with Crippen LogP contribution in [-0.4, -0.2) is 23.0 Å². The SMILES string of the molecule is NC(N)=NC(N)=Nc1ccccc1OCc1ccc(C(=O)O)o1. The zero-order valence-corrected chi connectivity index (χ0v) is 12.0. The van der Waals surface area contributed by atoms with Crippen LogP contribution in [0.3, 0.4) is 0 Å². The van der Waals surface area contributed by atoms with Gasteiger partial charge in [0.05, 0.1) is 0 Å². The van der Waals surface area contributed by atoms with Crippen LogP contribution in [0, 0.1) is 0 Å². The molecular weight excluding hydrogens is 302 g/mol. The third-order valence-corrected chi connectivity index (χ3v) is 2.59. The summed E-state index contributed by atoms with van der Waals surface area (Å²) in [5.41, 5.74) is 16.4. The van der Waals surface area contributed by atoms with Crippen molar-refractivity contribution in [2.24, 2.45) is 27.2 Å². The number of furan rings is 1. The van der Waals surface area contributed by atoms with Crippen LogP contribution in [0.25, 0.3) is 0 Å². The number of para-hydroxylation sites is 2. The standard InChI is InChI=1S/C14H15N5O4/c15-13(16)19-14(17)18-9-3-1-2-4-10(9)22-7-8-5-6-11(23-8)12(20)21/h1-6H,7H2,(H,20,21)(H6,15,16,17,18,19). The van der Waals surface area contributed by atoms with E-state index in [1.807, 2.05) is 0 Å². The van der Waals surface area contributed by atoms with Crippen molar-refractivity contribution in [2.75, 3.05) is 0 Å². The molecular formula is C14H15N5O4. The number of carbonyl (C=O) groups is 1. The molecule has 1 aromatic carbocycles. The zero-order valence-electron chi connectivity index (χ0n) is 12.0. The van der Waals surface area contributed by atoms with Gasteiger partial charge in [-0.05, 0) is 24.3 Å². The molecule has 0 atom stereocenters. The van der Waals surface area contributed by atoms with Gasteiger partial charge in [0.25, 0.3) is 0 Å². The lowest BCUT2D eigenvalue weighted by atomic mass is 10.3. The summed E-state index contributed by atoms with van der Waals surface area (Å²) >= 11 is 0. The molecule has 7 N–H and O–H groups in total. The van der Waals surface area contributed by atoms with Crippen molar-refractivity contribution < 1.29 is 19.1 Å². The number of ether oxygens (including phenoxy) is 1. The Labute approximate surface area is 131 Å². The fourth-order valence-electron chi connectivity index (χ4n) is 1.67. The summed E-state index contributed by atoms with van der Waals surface area (Å²) in [5.74, 6) is -0.861. The van der Waals surface area contributed by atoms with Crippen molar-refractivity contribution in [2.45, 2.75) is 6.61 Å². The van der Waals surface area contributed by atoms with Crippen LogP contribution in [0.2, 0.25) is 0 Å². The van der Waals surface area contributed by atoms with Crippen LogP contribution < -0.4 is 21.9 Å². The van der Waals surface area contributed by atoms with Gasteiger partial charge in [-0.3, -0.25) is 0 Å². The fourth-order valence-corrected chi connectivity index (χ4v) is 1.67. The second kappa shape index (κ2) is 6.98. The summed E-state index contributed by atoms with van der Waals surface area (Å²) in [4.78, 5) is 18.4. The van der Waals surface area contributed by atoms with Crippen molar-refractivity contribution in [1.82, 2.24) is 0 Å². The van der Waals surface area contributed by atoms with Gasteiger partial charge >= 0.3 is 5.97 Å². The molecule has 0 amide bonds. The van der Waals surface area contributed by atoms with Crippen molar-refractivity contribution >= 4 is 23.6 Å². The molecule has 0 radical (unpaired) electrons. The van der Waals surface area contributed by atoms with Crippen LogP contribution in [0.4, 0.5) is 5.69 Å². The lowest BCUT2D eigenvalue weighted by Crippen LogP contribution is -2.26. The first-order valence-electron chi connectivity index (χ1n) is 6.43. The number of aliphatic imine (C=N–C) groups is 2. The second-order valence-corrected chi connectivity index (χ2v) is 4.33. The van der Waals surface area contributed by atoms with Gasteiger partial charge < -0.3 is 31.5 Å². The van der Waals surface area contributed by atoms with Crippen LogP contribution in [0.5, 0.6) is 5.75 Å². The van der Waals surface area contributed by atoms with Crippen molar-refractivity contribution in [3.8, 4) is 5.75 Å². The molecule has 0 fully saturated rings. The van der Waals surface area contributed by atoms with Gasteiger partial charge in [0.2, 0.25) is 11.7 Å². The highest BCUT2D eigenvalue weighted by molar-refractivity contribution is 5.93. The average Bonchev–Trinajstić information content (AvgIpc) is 2.94. The highest BCUT2D eigenvalue weighted by Gasteiger charge is 2.10. The highest BCUT2D eigenvalue weighted by Crippen LogP contribution is 2.27. The Bertz CT molecular complexity index is 762. The Morgan fingerprint density at radius 2 is 1.91 bits per heavy atom. The summed E-state index contributed by atoms with van der Waals surface area (Å²) < 4.78 is 10.7. The molecule has 0 bridgehead atoms. The van der Waals surface area contributed by atoms with Crippen molar-refractivity contribution in [1.29, 1.82) is 0 Å². The molecule has 2 rings (SSSR count). The lowest BCUT2D eigenvalue weighted by Gasteiger charge is -2.07. The molecule has 2 aromatic rings. The van der Waals surface area contributed by atoms with Gasteiger partial charge in [-0.25, -0.2) is 9.79 Å². The van der Waals surface area contributed by atoms with E-state index in [4.69, 9.17) is 31.5 Å². The molecule has 1 heterocycles. The number of benzene rings is 1. The first kappa shape index (κ1) is 15.9. The minimum Gasteiger partial charge on any atom is -0.483 e. The van der Waals surface area contributed by atoms with Gasteiger partial charge in [-0.15, -0.1) is 0 Å². The maximum Gasteiger partial charge on any atom is 0.371 e. The Kier molecular flexibility index (Phi) is 4.82. The third kappa shape index (κ3) is 4.49. The number of guanidine groups is 2.